The minimum absolute atomic E-state index is 0.0217. The van der Waals surface area contributed by atoms with Crippen molar-refractivity contribution >= 4 is 39.8 Å². The minimum atomic E-state index is -0.525. The van der Waals surface area contributed by atoms with Gasteiger partial charge in [-0.05, 0) is 63.9 Å². The maximum absolute atomic E-state index is 13.6. The van der Waals surface area contributed by atoms with Crippen LogP contribution in [-0.2, 0) is 16.0 Å². The molecule has 0 saturated carbocycles. The Labute approximate surface area is 221 Å². The topological polar surface area (TPSA) is 96.3 Å². The summed E-state index contributed by atoms with van der Waals surface area (Å²) < 4.78 is 24.8. The number of nitrogens with zero attached hydrogens (tertiary/aromatic N) is 2. The second-order valence-corrected chi connectivity index (χ2v) is 9.62. The molecule has 2 aromatic carbocycles. The number of halogens is 2. The number of hydrogen-bond donors (Lipinski definition) is 2. The monoisotopic (exact) mass is 524 g/mol. The first-order chi connectivity index (χ1) is 17.6. The molecule has 1 heterocycles. The number of pyridine rings is 1. The second kappa shape index (κ2) is 12.5. The van der Waals surface area contributed by atoms with Crippen LogP contribution in [0.15, 0.2) is 48.7 Å². The van der Waals surface area contributed by atoms with E-state index in [-0.39, 0.29) is 17.5 Å². The number of hydrogen-bond acceptors (Lipinski definition) is 7. The summed E-state index contributed by atoms with van der Waals surface area (Å²) in [4.78, 5) is 16.3. The van der Waals surface area contributed by atoms with E-state index in [1.54, 1.807) is 6.07 Å². The van der Waals surface area contributed by atoms with Gasteiger partial charge in [-0.1, -0.05) is 23.8 Å². The molecule has 0 atom stereocenters. The van der Waals surface area contributed by atoms with Crippen LogP contribution in [0.1, 0.15) is 38.8 Å². The fourth-order valence-corrected chi connectivity index (χ4v) is 3.76. The Bertz CT molecular complexity index is 1350. The first-order valence-electron chi connectivity index (χ1n) is 11.9. The molecule has 0 spiro atoms. The molecule has 0 aliphatic carbocycles. The van der Waals surface area contributed by atoms with Gasteiger partial charge in [0.15, 0.2) is 0 Å². The van der Waals surface area contributed by atoms with Gasteiger partial charge in [0.05, 0.1) is 34.9 Å². The summed E-state index contributed by atoms with van der Waals surface area (Å²) >= 11 is 5.94. The molecule has 194 valence electrons. The van der Waals surface area contributed by atoms with E-state index < -0.39 is 11.4 Å². The highest BCUT2D eigenvalue weighted by atomic mass is 35.5. The molecule has 9 heteroatoms. The first-order valence-corrected chi connectivity index (χ1v) is 12.3. The Kier molecular flexibility index (Phi) is 9.45. The number of rotatable bonds is 10. The molecule has 3 rings (SSSR count). The van der Waals surface area contributed by atoms with Gasteiger partial charge < -0.3 is 20.1 Å². The summed E-state index contributed by atoms with van der Waals surface area (Å²) in [6.45, 7) is 8.48. The van der Waals surface area contributed by atoms with Crippen LogP contribution in [0.5, 0.6) is 5.75 Å². The zero-order chi connectivity index (χ0) is 27.0. The number of ether oxygens (including phenoxy) is 2. The minimum Gasteiger partial charge on any atom is -0.494 e. The standard InChI is InChI=1S/C28H30ClFN4O3/c1-5-36-25-14-24-21(12-18(25)8-6-7-11-32-17-26(35)37-28(2,3)4)27(19(15-31)16-33-24)34-20-9-10-23(30)22(29)13-20/h6-7,9-10,12-14,16,32H,5,8,11,17H2,1-4H3,(H,33,34). The van der Waals surface area contributed by atoms with Gasteiger partial charge in [0, 0.05) is 29.9 Å². The summed E-state index contributed by atoms with van der Waals surface area (Å²) in [7, 11) is 0. The number of nitriles is 1. The predicted molar refractivity (Wildman–Crippen MR) is 144 cm³/mol. The highest BCUT2D eigenvalue weighted by molar-refractivity contribution is 6.31. The lowest BCUT2D eigenvalue weighted by Crippen LogP contribution is -2.31. The SMILES string of the molecule is CCOc1cc2ncc(C#N)c(Nc3ccc(F)c(Cl)c3)c2cc1CC=CCNCC(=O)OC(C)(C)C. The maximum Gasteiger partial charge on any atom is 0.320 e. The molecule has 7 nitrogen and oxygen atoms in total. The van der Waals surface area contributed by atoms with Gasteiger partial charge in [-0.15, -0.1) is 0 Å². The number of anilines is 2. The van der Waals surface area contributed by atoms with Crippen molar-refractivity contribution in [2.45, 2.75) is 39.7 Å². The lowest BCUT2D eigenvalue weighted by molar-refractivity contribution is -0.153. The molecule has 2 N–H and O–H groups in total. The Morgan fingerprint density at radius 1 is 1.24 bits per heavy atom. The Morgan fingerprint density at radius 3 is 2.70 bits per heavy atom. The second-order valence-electron chi connectivity index (χ2n) is 9.22. The quantitative estimate of drug-likeness (QED) is 0.189. The molecule has 3 aromatic rings. The van der Waals surface area contributed by atoms with Gasteiger partial charge in [0.25, 0.3) is 0 Å². The molecule has 0 unspecified atom stereocenters. The van der Waals surface area contributed by atoms with E-state index in [1.807, 2.05) is 52.0 Å². The van der Waals surface area contributed by atoms with Gasteiger partial charge in [0.1, 0.15) is 23.2 Å². The number of allylic oxidation sites excluding steroid dienone is 1. The summed E-state index contributed by atoms with van der Waals surface area (Å²) in [6.07, 6.45) is 5.94. The van der Waals surface area contributed by atoms with Crippen molar-refractivity contribution in [1.29, 1.82) is 5.26 Å². The molecule has 0 fully saturated rings. The first kappa shape index (κ1) is 27.9. The fraction of sp³-hybridized carbons (Fsp3) is 0.321. The number of carbonyl (C=O) groups excluding carboxylic acids is 1. The van der Waals surface area contributed by atoms with E-state index >= 15 is 0 Å². The summed E-state index contributed by atoms with van der Waals surface area (Å²) in [5.41, 5.74) is 2.45. The molecule has 1 aromatic heterocycles. The molecule has 0 bridgehead atoms. The lowest BCUT2D eigenvalue weighted by Gasteiger charge is -2.19. The third-order valence-corrected chi connectivity index (χ3v) is 5.41. The summed E-state index contributed by atoms with van der Waals surface area (Å²) in [6, 6.07) is 10.2. The van der Waals surface area contributed by atoms with Crippen LogP contribution in [0, 0.1) is 17.1 Å². The maximum atomic E-state index is 13.6. The normalized spacial score (nSPS) is 11.5. The van der Waals surface area contributed by atoms with E-state index in [9.17, 15) is 14.4 Å². The zero-order valence-electron chi connectivity index (χ0n) is 21.3. The number of benzene rings is 2. The highest BCUT2D eigenvalue weighted by Gasteiger charge is 2.16. The highest BCUT2D eigenvalue weighted by Crippen LogP contribution is 2.34. The number of aromatic nitrogens is 1. The molecule has 0 aliphatic heterocycles. The van der Waals surface area contributed by atoms with Crippen LogP contribution in [0.25, 0.3) is 10.9 Å². The largest absolute Gasteiger partial charge is 0.494 e. The lowest BCUT2D eigenvalue weighted by atomic mass is 10.0. The van der Waals surface area contributed by atoms with Crippen molar-refractivity contribution in [1.82, 2.24) is 10.3 Å². The van der Waals surface area contributed by atoms with Crippen molar-refractivity contribution < 1.29 is 18.7 Å². The fourth-order valence-electron chi connectivity index (χ4n) is 3.58. The third kappa shape index (κ3) is 7.91. The Morgan fingerprint density at radius 2 is 2.03 bits per heavy atom. The Balaban J connectivity index is 1.83. The van der Waals surface area contributed by atoms with Crippen LogP contribution in [0.2, 0.25) is 5.02 Å². The van der Waals surface area contributed by atoms with Crippen molar-refractivity contribution in [2.75, 3.05) is 25.0 Å². The summed E-state index contributed by atoms with van der Waals surface area (Å²) in [5, 5.41) is 16.6. The molecule has 0 saturated heterocycles. The van der Waals surface area contributed by atoms with Crippen LogP contribution >= 0.6 is 11.6 Å². The van der Waals surface area contributed by atoms with Crippen LogP contribution in [0.3, 0.4) is 0 Å². The van der Waals surface area contributed by atoms with E-state index in [4.69, 9.17) is 21.1 Å². The van der Waals surface area contributed by atoms with E-state index in [0.717, 1.165) is 10.9 Å². The van der Waals surface area contributed by atoms with Crippen LogP contribution in [0.4, 0.5) is 15.8 Å². The molecule has 0 amide bonds. The Hall–Kier alpha value is -3.67. The van der Waals surface area contributed by atoms with E-state index in [1.165, 1.54) is 18.3 Å². The van der Waals surface area contributed by atoms with Gasteiger partial charge in [-0.3, -0.25) is 9.78 Å². The van der Waals surface area contributed by atoms with Gasteiger partial charge in [-0.2, -0.15) is 5.26 Å². The number of nitrogens with one attached hydrogen (secondary N) is 2. The number of esters is 1. The average Bonchev–Trinajstić information content (AvgIpc) is 2.83. The van der Waals surface area contributed by atoms with Crippen LogP contribution in [-0.4, -0.2) is 36.3 Å². The van der Waals surface area contributed by atoms with Gasteiger partial charge in [0.2, 0.25) is 0 Å². The van der Waals surface area contributed by atoms with Crippen molar-refractivity contribution in [3.8, 4) is 11.8 Å². The van der Waals surface area contributed by atoms with Crippen molar-refractivity contribution in [3.05, 3.63) is 70.6 Å². The van der Waals surface area contributed by atoms with Crippen LogP contribution < -0.4 is 15.4 Å². The van der Waals surface area contributed by atoms with E-state index in [2.05, 4.69) is 21.7 Å². The van der Waals surface area contributed by atoms with Crippen molar-refractivity contribution in [2.24, 2.45) is 0 Å². The molecular formula is C28H30ClFN4O3. The number of fused-ring (bicyclic) bond motifs is 1. The van der Waals surface area contributed by atoms with Gasteiger partial charge >= 0.3 is 5.97 Å². The molecule has 0 radical (unpaired) electrons. The molecular weight excluding hydrogens is 495 g/mol. The summed E-state index contributed by atoms with van der Waals surface area (Å²) in [5.74, 6) is -0.144. The molecule has 0 aliphatic rings. The molecule has 37 heavy (non-hydrogen) atoms. The average molecular weight is 525 g/mol. The third-order valence-electron chi connectivity index (χ3n) is 5.12. The zero-order valence-corrected chi connectivity index (χ0v) is 22.1. The smallest absolute Gasteiger partial charge is 0.320 e. The van der Waals surface area contributed by atoms with Gasteiger partial charge in [-0.25, -0.2) is 4.39 Å². The number of carbonyl (C=O) groups is 1. The van der Waals surface area contributed by atoms with E-state index in [0.29, 0.717) is 47.8 Å². The predicted octanol–water partition coefficient (Wildman–Crippen LogP) is 6.07. The van der Waals surface area contributed by atoms with Crippen molar-refractivity contribution in [3.63, 3.8) is 0 Å².